The van der Waals surface area contributed by atoms with Gasteiger partial charge >= 0.3 is 6.09 Å². The fraction of sp³-hybridized carbons (Fsp3) is 0.500. The highest BCUT2D eigenvalue weighted by molar-refractivity contribution is 5.68. The van der Waals surface area contributed by atoms with Gasteiger partial charge in [-0.1, -0.05) is 6.07 Å². The molecule has 7 nitrogen and oxygen atoms in total. The molecule has 3 heterocycles. The Kier molecular flexibility index (Phi) is 3.79. The highest BCUT2D eigenvalue weighted by Crippen LogP contribution is 2.23. The van der Waals surface area contributed by atoms with Crippen molar-refractivity contribution in [3.63, 3.8) is 0 Å². The van der Waals surface area contributed by atoms with Gasteiger partial charge in [0.25, 0.3) is 0 Å². The van der Waals surface area contributed by atoms with Crippen molar-refractivity contribution in [1.82, 2.24) is 24.6 Å². The van der Waals surface area contributed by atoms with Crippen LogP contribution in [0.1, 0.15) is 32.2 Å². The maximum atomic E-state index is 12.2. The fourth-order valence-corrected chi connectivity index (χ4v) is 2.53. The predicted molar refractivity (Wildman–Crippen MR) is 84.6 cm³/mol. The molecular formula is C16H21N5O2. The highest BCUT2D eigenvalue weighted by Gasteiger charge is 2.28. The van der Waals surface area contributed by atoms with E-state index in [1.54, 1.807) is 11.1 Å². The van der Waals surface area contributed by atoms with E-state index < -0.39 is 5.60 Å². The minimum atomic E-state index is -0.502. The molecule has 23 heavy (non-hydrogen) atoms. The molecule has 0 N–H and O–H groups in total. The van der Waals surface area contributed by atoms with Gasteiger partial charge in [0, 0.05) is 19.3 Å². The Hall–Kier alpha value is -2.44. The van der Waals surface area contributed by atoms with E-state index in [0.717, 1.165) is 22.9 Å². The summed E-state index contributed by atoms with van der Waals surface area (Å²) in [5.74, 6) is 1.50. The van der Waals surface area contributed by atoms with Gasteiger partial charge in [-0.05, 0) is 39.3 Å². The summed E-state index contributed by atoms with van der Waals surface area (Å²) in [4.78, 5) is 18.2. The van der Waals surface area contributed by atoms with Crippen molar-refractivity contribution in [3.8, 4) is 11.5 Å². The van der Waals surface area contributed by atoms with Crippen molar-refractivity contribution in [2.24, 2.45) is 0 Å². The van der Waals surface area contributed by atoms with Gasteiger partial charge in [0.2, 0.25) is 0 Å². The molecule has 0 unspecified atom stereocenters. The molecule has 0 saturated carbocycles. The van der Waals surface area contributed by atoms with E-state index in [-0.39, 0.29) is 6.09 Å². The number of ether oxygens (including phenoxy) is 1. The van der Waals surface area contributed by atoms with E-state index in [1.165, 1.54) is 0 Å². The number of pyridine rings is 1. The van der Waals surface area contributed by atoms with Gasteiger partial charge in [0.1, 0.15) is 11.3 Å². The van der Waals surface area contributed by atoms with Gasteiger partial charge in [-0.3, -0.25) is 9.88 Å². The lowest BCUT2D eigenvalue weighted by molar-refractivity contribution is 0.0196. The van der Waals surface area contributed by atoms with Crippen molar-refractivity contribution >= 4 is 6.09 Å². The largest absolute Gasteiger partial charge is 0.444 e. The first kappa shape index (κ1) is 15.5. The van der Waals surface area contributed by atoms with Crippen molar-refractivity contribution in [3.05, 3.63) is 29.7 Å². The van der Waals surface area contributed by atoms with Gasteiger partial charge in [-0.15, -0.1) is 10.2 Å². The molecule has 3 rings (SSSR count). The first-order chi connectivity index (χ1) is 10.8. The Morgan fingerprint density at radius 1 is 1.26 bits per heavy atom. The summed E-state index contributed by atoms with van der Waals surface area (Å²) in [6.07, 6.45) is 1.43. The first-order valence-corrected chi connectivity index (χ1v) is 7.67. The number of aryl methyl sites for hydroxylation is 1. The average Bonchev–Trinajstić information content (AvgIpc) is 2.89. The Morgan fingerprint density at radius 3 is 2.74 bits per heavy atom. The number of aromatic nitrogens is 4. The van der Waals surface area contributed by atoms with Crippen molar-refractivity contribution < 1.29 is 9.53 Å². The Morgan fingerprint density at radius 2 is 2.04 bits per heavy atom. The van der Waals surface area contributed by atoms with E-state index in [2.05, 4.69) is 15.2 Å². The van der Waals surface area contributed by atoms with Gasteiger partial charge in [0.05, 0.1) is 6.54 Å². The van der Waals surface area contributed by atoms with Crippen molar-refractivity contribution in [1.29, 1.82) is 0 Å². The molecule has 0 aliphatic carbocycles. The second kappa shape index (κ2) is 5.64. The number of hydrogen-bond acceptors (Lipinski definition) is 5. The van der Waals surface area contributed by atoms with Crippen LogP contribution in [-0.4, -0.2) is 42.9 Å². The zero-order valence-electron chi connectivity index (χ0n) is 13.9. The van der Waals surface area contributed by atoms with Crippen LogP contribution in [0, 0.1) is 6.92 Å². The van der Waals surface area contributed by atoms with Gasteiger partial charge in [-0.2, -0.15) is 0 Å². The lowest BCUT2D eigenvalue weighted by Gasteiger charge is -2.30. The van der Waals surface area contributed by atoms with E-state index in [0.29, 0.717) is 19.6 Å². The van der Waals surface area contributed by atoms with Gasteiger partial charge in [0.15, 0.2) is 11.6 Å². The molecule has 0 aromatic carbocycles. The minimum Gasteiger partial charge on any atom is -0.444 e. The minimum absolute atomic E-state index is 0.317. The summed E-state index contributed by atoms with van der Waals surface area (Å²) in [6, 6.07) is 3.90. The molecule has 0 bridgehead atoms. The maximum absolute atomic E-state index is 12.2. The quantitative estimate of drug-likeness (QED) is 0.808. The van der Waals surface area contributed by atoms with E-state index in [1.807, 2.05) is 44.4 Å². The van der Waals surface area contributed by atoms with Crippen LogP contribution < -0.4 is 0 Å². The smallest absolute Gasteiger partial charge is 0.410 e. The first-order valence-electron chi connectivity index (χ1n) is 7.67. The molecule has 7 heteroatoms. The van der Waals surface area contributed by atoms with Crippen LogP contribution in [0.5, 0.6) is 0 Å². The molecule has 2 aromatic rings. The number of carbonyl (C=O) groups excluding carboxylic acids is 1. The molecule has 0 radical (unpaired) electrons. The van der Waals surface area contributed by atoms with Gasteiger partial charge in [-0.25, -0.2) is 4.79 Å². The van der Waals surface area contributed by atoms with Crippen LogP contribution in [0.2, 0.25) is 0 Å². The molecule has 0 saturated heterocycles. The summed E-state index contributed by atoms with van der Waals surface area (Å²) >= 11 is 0. The molecule has 2 aromatic heterocycles. The normalized spacial score (nSPS) is 14.5. The Bertz CT molecular complexity index is 732. The standard InChI is InChI=1S/C16H21N5O2/c1-11-6-5-7-17-13(11)14-19-18-12-10-20(8-9-21(12)14)15(22)23-16(2,3)4/h5-7H,8-10H2,1-4H3. The second-order valence-electron chi connectivity index (χ2n) is 6.66. The molecule has 0 fully saturated rings. The number of hydrogen-bond donors (Lipinski definition) is 0. The molecule has 122 valence electrons. The predicted octanol–water partition coefficient (Wildman–Crippen LogP) is 2.40. The molecule has 0 spiro atoms. The van der Waals surface area contributed by atoms with Crippen LogP contribution in [0.15, 0.2) is 18.3 Å². The van der Waals surface area contributed by atoms with E-state index in [4.69, 9.17) is 4.74 Å². The zero-order valence-corrected chi connectivity index (χ0v) is 13.9. The fourth-order valence-electron chi connectivity index (χ4n) is 2.53. The third-order valence-corrected chi connectivity index (χ3v) is 3.63. The van der Waals surface area contributed by atoms with Crippen LogP contribution >= 0.6 is 0 Å². The summed E-state index contributed by atoms with van der Waals surface area (Å²) < 4.78 is 7.44. The number of amides is 1. The summed E-state index contributed by atoms with van der Waals surface area (Å²) in [5, 5.41) is 8.50. The second-order valence-corrected chi connectivity index (χ2v) is 6.66. The SMILES string of the molecule is Cc1cccnc1-c1nnc2n1CCN(C(=O)OC(C)(C)C)C2. The lowest BCUT2D eigenvalue weighted by Crippen LogP contribution is -2.41. The highest BCUT2D eigenvalue weighted by atomic mass is 16.6. The zero-order chi connectivity index (χ0) is 16.6. The number of nitrogens with zero attached hydrogens (tertiary/aromatic N) is 5. The molecular weight excluding hydrogens is 294 g/mol. The topological polar surface area (TPSA) is 73.1 Å². The monoisotopic (exact) mass is 315 g/mol. The number of carbonyl (C=O) groups is 1. The van der Waals surface area contributed by atoms with Crippen LogP contribution in [0.4, 0.5) is 4.79 Å². The number of fused-ring (bicyclic) bond motifs is 1. The van der Waals surface area contributed by atoms with Crippen LogP contribution in [0.25, 0.3) is 11.5 Å². The summed E-state index contributed by atoms with van der Waals surface area (Å²) in [7, 11) is 0. The van der Waals surface area contributed by atoms with E-state index >= 15 is 0 Å². The molecule has 1 amide bonds. The summed E-state index contributed by atoms with van der Waals surface area (Å²) in [6.45, 7) is 9.18. The maximum Gasteiger partial charge on any atom is 0.410 e. The third kappa shape index (κ3) is 3.18. The van der Waals surface area contributed by atoms with E-state index in [9.17, 15) is 4.79 Å². The van der Waals surface area contributed by atoms with Gasteiger partial charge < -0.3 is 9.30 Å². The average molecular weight is 315 g/mol. The van der Waals surface area contributed by atoms with Crippen LogP contribution in [-0.2, 0) is 17.8 Å². The third-order valence-electron chi connectivity index (χ3n) is 3.63. The van der Waals surface area contributed by atoms with Crippen molar-refractivity contribution in [2.45, 2.75) is 46.4 Å². The van der Waals surface area contributed by atoms with Crippen molar-refractivity contribution in [2.75, 3.05) is 6.54 Å². The van der Waals surface area contributed by atoms with Crippen LogP contribution in [0.3, 0.4) is 0 Å². The summed E-state index contributed by atoms with van der Waals surface area (Å²) in [5.41, 5.74) is 1.38. The Labute approximate surface area is 135 Å². The molecule has 0 atom stereocenters. The Balaban J connectivity index is 1.82. The lowest BCUT2D eigenvalue weighted by atomic mass is 10.2. The molecule has 1 aliphatic heterocycles. The number of rotatable bonds is 1. The molecule has 1 aliphatic rings.